The van der Waals surface area contributed by atoms with E-state index in [1.165, 1.54) is 5.57 Å². The Morgan fingerprint density at radius 3 is 2.61 bits per heavy atom. The smallest absolute Gasteiger partial charge is 0.123 e. The van der Waals surface area contributed by atoms with Crippen LogP contribution in [0, 0.1) is 5.92 Å². The molecule has 0 bridgehead atoms. The highest BCUT2D eigenvalue weighted by Gasteiger charge is 2.26. The van der Waals surface area contributed by atoms with E-state index in [0.717, 1.165) is 25.5 Å². The Morgan fingerprint density at radius 2 is 2.06 bits per heavy atom. The summed E-state index contributed by atoms with van der Waals surface area (Å²) in [6.07, 6.45) is 14.4. The molecular formula is C16H24O2. The molecule has 1 fully saturated rings. The van der Waals surface area contributed by atoms with Crippen molar-refractivity contribution in [3.05, 3.63) is 36.0 Å². The van der Waals surface area contributed by atoms with Crippen LogP contribution in [0.4, 0.5) is 0 Å². The minimum atomic E-state index is 0.0767. The van der Waals surface area contributed by atoms with Crippen LogP contribution in [0.15, 0.2) is 36.0 Å². The maximum absolute atomic E-state index is 10.7. The van der Waals surface area contributed by atoms with Gasteiger partial charge in [-0.15, -0.1) is 0 Å². The summed E-state index contributed by atoms with van der Waals surface area (Å²) in [5.74, 6) is 0.201. The fourth-order valence-electron chi connectivity index (χ4n) is 2.31. The van der Waals surface area contributed by atoms with E-state index < -0.39 is 0 Å². The predicted molar refractivity (Wildman–Crippen MR) is 75.5 cm³/mol. The summed E-state index contributed by atoms with van der Waals surface area (Å²) < 4.78 is 6.04. The first kappa shape index (κ1) is 14.9. The van der Waals surface area contributed by atoms with Crippen molar-refractivity contribution in [1.29, 1.82) is 0 Å². The maximum atomic E-state index is 10.7. The van der Waals surface area contributed by atoms with Crippen LogP contribution < -0.4 is 0 Å². The molecular weight excluding hydrogens is 224 g/mol. The second-order valence-electron chi connectivity index (χ2n) is 4.80. The number of hydrogen-bond donors (Lipinski definition) is 0. The van der Waals surface area contributed by atoms with Crippen LogP contribution in [0.25, 0.3) is 0 Å². The van der Waals surface area contributed by atoms with Gasteiger partial charge in [-0.3, -0.25) is 0 Å². The lowest BCUT2D eigenvalue weighted by molar-refractivity contribution is -0.111. The Bertz CT molecular complexity index is 339. The molecule has 0 saturated heterocycles. The highest BCUT2D eigenvalue weighted by atomic mass is 16.5. The molecule has 0 heterocycles. The number of allylic oxidation sites excluding steroid dienone is 4. The quantitative estimate of drug-likeness (QED) is 0.527. The lowest BCUT2D eigenvalue weighted by atomic mass is 10.1. The van der Waals surface area contributed by atoms with Crippen molar-refractivity contribution in [2.75, 3.05) is 0 Å². The van der Waals surface area contributed by atoms with Crippen LogP contribution in [0.3, 0.4) is 0 Å². The molecule has 1 saturated carbocycles. The molecule has 2 nitrogen and oxygen atoms in total. The first-order chi connectivity index (χ1) is 8.71. The molecule has 0 aromatic carbocycles. The molecule has 18 heavy (non-hydrogen) atoms. The van der Waals surface area contributed by atoms with Gasteiger partial charge in [-0.2, -0.15) is 0 Å². The standard InChI is InChI=1S/C16H24O2/c1-4-6-8-15(7-5-2)13(3)18-16-10-9-14(11-16)12-17/h4-8,12-14,16H,9-11H2,1-3H3/b6-4-,7-5-,15-8+/t13?,14-,16+/m1/s1. The van der Waals surface area contributed by atoms with Gasteiger partial charge in [0.25, 0.3) is 0 Å². The molecule has 100 valence electrons. The molecule has 1 unspecified atom stereocenters. The lowest BCUT2D eigenvalue weighted by Gasteiger charge is -2.19. The van der Waals surface area contributed by atoms with Gasteiger partial charge in [-0.05, 0) is 45.6 Å². The van der Waals surface area contributed by atoms with Crippen LogP contribution in [-0.4, -0.2) is 18.5 Å². The number of carbonyl (C=O) groups is 1. The van der Waals surface area contributed by atoms with Gasteiger partial charge in [-0.25, -0.2) is 0 Å². The zero-order valence-electron chi connectivity index (χ0n) is 11.6. The SMILES string of the molecule is C\C=C/C=C(\C=C/C)C(C)O[C@H]1CC[C@@H](C=O)C1. The summed E-state index contributed by atoms with van der Waals surface area (Å²) in [7, 11) is 0. The zero-order chi connectivity index (χ0) is 13.4. The fourth-order valence-corrected chi connectivity index (χ4v) is 2.31. The van der Waals surface area contributed by atoms with Crippen LogP contribution in [0.1, 0.15) is 40.0 Å². The van der Waals surface area contributed by atoms with E-state index in [2.05, 4.69) is 19.1 Å². The number of aldehydes is 1. The van der Waals surface area contributed by atoms with Gasteiger partial charge in [0, 0.05) is 5.92 Å². The van der Waals surface area contributed by atoms with Gasteiger partial charge in [0.1, 0.15) is 6.29 Å². The van der Waals surface area contributed by atoms with Crippen molar-refractivity contribution in [3.63, 3.8) is 0 Å². The molecule has 0 amide bonds. The molecule has 1 aliphatic carbocycles. The highest BCUT2D eigenvalue weighted by Crippen LogP contribution is 2.28. The summed E-state index contributed by atoms with van der Waals surface area (Å²) in [6.45, 7) is 6.08. The fraction of sp³-hybridized carbons (Fsp3) is 0.562. The average molecular weight is 248 g/mol. The molecule has 0 aromatic rings. The minimum absolute atomic E-state index is 0.0767. The van der Waals surface area contributed by atoms with Crippen LogP contribution in [-0.2, 0) is 9.53 Å². The Morgan fingerprint density at radius 1 is 1.28 bits per heavy atom. The summed E-state index contributed by atoms with van der Waals surface area (Å²) in [5.41, 5.74) is 1.17. The largest absolute Gasteiger partial charge is 0.371 e. The van der Waals surface area contributed by atoms with Crippen LogP contribution >= 0.6 is 0 Å². The summed E-state index contributed by atoms with van der Waals surface area (Å²) in [6, 6.07) is 0. The van der Waals surface area contributed by atoms with Crippen molar-refractivity contribution in [2.24, 2.45) is 5.92 Å². The van der Waals surface area contributed by atoms with Crippen molar-refractivity contribution in [1.82, 2.24) is 0 Å². The molecule has 1 aliphatic rings. The van der Waals surface area contributed by atoms with Crippen LogP contribution in [0.5, 0.6) is 0 Å². The predicted octanol–water partition coefficient (Wildman–Crippen LogP) is 3.84. The average Bonchev–Trinajstić information content (AvgIpc) is 2.82. The minimum Gasteiger partial charge on any atom is -0.371 e. The molecule has 0 spiro atoms. The number of ether oxygens (including phenoxy) is 1. The van der Waals surface area contributed by atoms with E-state index in [9.17, 15) is 4.79 Å². The third kappa shape index (κ3) is 4.61. The maximum Gasteiger partial charge on any atom is 0.123 e. The van der Waals surface area contributed by atoms with Gasteiger partial charge >= 0.3 is 0 Å². The Hall–Kier alpha value is -1.15. The van der Waals surface area contributed by atoms with E-state index in [-0.39, 0.29) is 18.1 Å². The topological polar surface area (TPSA) is 26.3 Å². The van der Waals surface area contributed by atoms with Gasteiger partial charge < -0.3 is 9.53 Å². The van der Waals surface area contributed by atoms with E-state index >= 15 is 0 Å². The van der Waals surface area contributed by atoms with E-state index in [1.54, 1.807) is 0 Å². The molecule has 1 rings (SSSR count). The number of hydrogen-bond acceptors (Lipinski definition) is 2. The molecule has 0 aromatic heterocycles. The summed E-state index contributed by atoms with van der Waals surface area (Å²) in [4.78, 5) is 10.7. The van der Waals surface area contributed by atoms with Crippen molar-refractivity contribution in [2.45, 2.75) is 52.2 Å². The van der Waals surface area contributed by atoms with Crippen LogP contribution in [0.2, 0.25) is 0 Å². The van der Waals surface area contributed by atoms with Crippen molar-refractivity contribution in [3.8, 4) is 0 Å². The van der Waals surface area contributed by atoms with Gasteiger partial charge in [0.05, 0.1) is 12.2 Å². The first-order valence-corrected chi connectivity index (χ1v) is 6.77. The molecule has 2 heteroatoms. The monoisotopic (exact) mass is 248 g/mol. The zero-order valence-corrected chi connectivity index (χ0v) is 11.6. The van der Waals surface area contributed by atoms with Crippen molar-refractivity contribution < 1.29 is 9.53 Å². The lowest BCUT2D eigenvalue weighted by Crippen LogP contribution is -2.19. The van der Waals surface area contributed by atoms with Gasteiger partial charge in [0.2, 0.25) is 0 Å². The van der Waals surface area contributed by atoms with E-state index in [1.807, 2.05) is 32.1 Å². The third-order valence-electron chi connectivity index (χ3n) is 3.32. The Labute approximate surface area is 110 Å². The van der Waals surface area contributed by atoms with E-state index in [4.69, 9.17) is 4.74 Å². The number of carbonyl (C=O) groups excluding carboxylic acids is 1. The molecule has 0 radical (unpaired) electrons. The Balaban J connectivity index is 2.56. The second-order valence-corrected chi connectivity index (χ2v) is 4.80. The van der Waals surface area contributed by atoms with Gasteiger partial charge in [-0.1, -0.05) is 30.4 Å². The number of rotatable bonds is 6. The Kier molecular flexibility index (Phi) is 6.66. The van der Waals surface area contributed by atoms with Crippen molar-refractivity contribution >= 4 is 6.29 Å². The van der Waals surface area contributed by atoms with E-state index in [0.29, 0.717) is 0 Å². The first-order valence-electron chi connectivity index (χ1n) is 6.77. The molecule has 3 atom stereocenters. The normalized spacial score (nSPS) is 27.2. The van der Waals surface area contributed by atoms with Gasteiger partial charge in [0.15, 0.2) is 0 Å². The summed E-state index contributed by atoms with van der Waals surface area (Å²) >= 11 is 0. The third-order valence-corrected chi connectivity index (χ3v) is 3.32. The second kappa shape index (κ2) is 8.04. The highest BCUT2D eigenvalue weighted by molar-refractivity contribution is 5.54. The summed E-state index contributed by atoms with van der Waals surface area (Å²) in [5, 5.41) is 0. The molecule has 0 N–H and O–H groups in total. The molecule has 0 aliphatic heterocycles.